The minimum atomic E-state index is 0.233. The summed E-state index contributed by atoms with van der Waals surface area (Å²) in [6.07, 6.45) is 0. The summed E-state index contributed by atoms with van der Waals surface area (Å²) in [5.74, 6) is 0.495. The van der Waals surface area contributed by atoms with Crippen molar-refractivity contribution in [2.24, 2.45) is 0 Å². The zero-order chi connectivity index (χ0) is 14.0. The van der Waals surface area contributed by atoms with Crippen molar-refractivity contribution in [3.05, 3.63) is 38.0 Å². The molecule has 0 radical (unpaired) electrons. The van der Waals surface area contributed by atoms with Gasteiger partial charge in [0.05, 0.1) is 11.7 Å². The highest BCUT2D eigenvalue weighted by atomic mass is 32.1. The van der Waals surface area contributed by atoms with E-state index >= 15 is 0 Å². The van der Waals surface area contributed by atoms with Crippen molar-refractivity contribution in [1.29, 1.82) is 0 Å². The first-order valence-electron chi connectivity index (χ1n) is 6.75. The predicted octanol–water partition coefficient (Wildman–Crippen LogP) is 4.72. The molecular weight excluding hydrogens is 272 g/mol. The Morgan fingerprint density at radius 3 is 2.37 bits per heavy atom. The van der Waals surface area contributed by atoms with Crippen LogP contribution in [0.4, 0.5) is 0 Å². The maximum atomic E-state index is 4.81. The smallest absolute Gasteiger partial charge is 0.115 e. The standard InChI is InChI=1S/C15H22N2S2/c1-9(2)12-8-18-15(17-12)14(16-10(3)4)13-7-6-11(5)19-13/h6-10,14,16H,1-5H3. The van der Waals surface area contributed by atoms with E-state index in [9.17, 15) is 0 Å². The van der Waals surface area contributed by atoms with Crippen LogP contribution in [0.25, 0.3) is 0 Å². The second kappa shape index (κ2) is 6.16. The Hall–Kier alpha value is -0.710. The largest absolute Gasteiger partial charge is 0.301 e. The number of aryl methyl sites for hydroxylation is 1. The number of nitrogens with zero attached hydrogens (tertiary/aromatic N) is 1. The Morgan fingerprint density at radius 1 is 1.16 bits per heavy atom. The van der Waals surface area contributed by atoms with Crippen molar-refractivity contribution in [2.45, 2.75) is 52.6 Å². The van der Waals surface area contributed by atoms with Gasteiger partial charge in [0.25, 0.3) is 0 Å². The van der Waals surface area contributed by atoms with E-state index in [1.807, 2.05) is 11.3 Å². The zero-order valence-electron chi connectivity index (χ0n) is 12.2. The van der Waals surface area contributed by atoms with Crippen molar-refractivity contribution >= 4 is 22.7 Å². The van der Waals surface area contributed by atoms with E-state index in [-0.39, 0.29) is 6.04 Å². The van der Waals surface area contributed by atoms with Crippen LogP contribution >= 0.6 is 22.7 Å². The van der Waals surface area contributed by atoms with Crippen LogP contribution in [0.5, 0.6) is 0 Å². The van der Waals surface area contributed by atoms with Crippen LogP contribution in [0.15, 0.2) is 17.5 Å². The molecule has 19 heavy (non-hydrogen) atoms. The predicted molar refractivity (Wildman–Crippen MR) is 85.4 cm³/mol. The maximum Gasteiger partial charge on any atom is 0.115 e. The molecule has 2 aromatic heterocycles. The maximum absolute atomic E-state index is 4.81. The molecule has 0 fully saturated rings. The molecule has 0 spiro atoms. The Bertz CT molecular complexity index is 526. The molecule has 0 aromatic carbocycles. The van der Waals surface area contributed by atoms with E-state index in [0.29, 0.717) is 12.0 Å². The number of hydrogen-bond donors (Lipinski definition) is 1. The van der Waals surface area contributed by atoms with E-state index in [2.05, 4.69) is 57.4 Å². The van der Waals surface area contributed by atoms with Crippen LogP contribution in [0.1, 0.15) is 60.1 Å². The quantitative estimate of drug-likeness (QED) is 0.862. The van der Waals surface area contributed by atoms with Gasteiger partial charge in [-0.2, -0.15) is 0 Å². The summed E-state index contributed by atoms with van der Waals surface area (Å²) < 4.78 is 0. The van der Waals surface area contributed by atoms with Crippen molar-refractivity contribution in [3.63, 3.8) is 0 Å². The Kier molecular flexibility index (Phi) is 4.76. The van der Waals surface area contributed by atoms with Gasteiger partial charge < -0.3 is 5.32 Å². The van der Waals surface area contributed by atoms with E-state index in [0.717, 1.165) is 0 Å². The molecule has 0 amide bonds. The summed E-state index contributed by atoms with van der Waals surface area (Å²) in [6.45, 7) is 10.9. The summed E-state index contributed by atoms with van der Waals surface area (Å²) in [5.41, 5.74) is 1.20. The van der Waals surface area contributed by atoms with Gasteiger partial charge in [0.15, 0.2) is 0 Å². The molecule has 0 bridgehead atoms. The molecule has 1 unspecified atom stereocenters. The van der Waals surface area contributed by atoms with Crippen molar-refractivity contribution in [1.82, 2.24) is 10.3 Å². The lowest BCUT2D eigenvalue weighted by Crippen LogP contribution is -2.28. The molecule has 4 heteroatoms. The highest BCUT2D eigenvalue weighted by Gasteiger charge is 2.20. The molecule has 1 atom stereocenters. The molecule has 0 aliphatic heterocycles. The van der Waals surface area contributed by atoms with E-state index in [1.165, 1.54) is 20.5 Å². The molecule has 0 aliphatic rings. The summed E-state index contributed by atoms with van der Waals surface area (Å²) in [6, 6.07) is 5.08. The van der Waals surface area contributed by atoms with Crippen LogP contribution in [0.3, 0.4) is 0 Å². The fourth-order valence-corrected chi connectivity index (χ4v) is 3.99. The monoisotopic (exact) mass is 294 g/mol. The normalized spacial score (nSPS) is 13.4. The number of aromatic nitrogens is 1. The molecule has 2 heterocycles. The van der Waals surface area contributed by atoms with Crippen LogP contribution in [-0.4, -0.2) is 11.0 Å². The molecule has 2 aromatic rings. The third-order valence-corrected chi connectivity index (χ3v) is 4.92. The lowest BCUT2D eigenvalue weighted by Gasteiger charge is -2.18. The Balaban J connectivity index is 2.31. The molecule has 0 aliphatic carbocycles. The second-order valence-corrected chi connectivity index (χ2v) is 7.68. The van der Waals surface area contributed by atoms with Gasteiger partial charge in [-0.1, -0.05) is 13.8 Å². The topological polar surface area (TPSA) is 24.9 Å². The van der Waals surface area contributed by atoms with Crippen molar-refractivity contribution in [3.8, 4) is 0 Å². The molecular formula is C15H22N2S2. The second-order valence-electron chi connectivity index (χ2n) is 5.47. The van der Waals surface area contributed by atoms with Crippen molar-refractivity contribution in [2.75, 3.05) is 0 Å². The first-order chi connectivity index (χ1) is 8.97. The number of rotatable bonds is 5. The number of thiazole rings is 1. The fourth-order valence-electron chi connectivity index (χ4n) is 1.92. The third kappa shape index (κ3) is 3.65. The van der Waals surface area contributed by atoms with Crippen LogP contribution < -0.4 is 5.32 Å². The lowest BCUT2D eigenvalue weighted by atomic mass is 10.1. The average molecular weight is 294 g/mol. The number of thiophene rings is 1. The first-order valence-corrected chi connectivity index (χ1v) is 8.44. The van der Waals surface area contributed by atoms with Gasteiger partial charge in [0.2, 0.25) is 0 Å². The number of nitrogens with one attached hydrogen (secondary N) is 1. The Labute approximate surface area is 123 Å². The average Bonchev–Trinajstić information content (AvgIpc) is 2.94. The van der Waals surface area contributed by atoms with E-state index in [1.54, 1.807) is 11.3 Å². The molecule has 0 saturated carbocycles. The minimum Gasteiger partial charge on any atom is -0.301 e. The van der Waals surface area contributed by atoms with Gasteiger partial charge >= 0.3 is 0 Å². The highest BCUT2D eigenvalue weighted by Crippen LogP contribution is 2.31. The molecule has 104 valence electrons. The van der Waals surface area contributed by atoms with Crippen LogP contribution in [0.2, 0.25) is 0 Å². The van der Waals surface area contributed by atoms with Crippen LogP contribution in [-0.2, 0) is 0 Å². The van der Waals surface area contributed by atoms with Crippen molar-refractivity contribution < 1.29 is 0 Å². The molecule has 2 nitrogen and oxygen atoms in total. The SMILES string of the molecule is Cc1ccc(C(NC(C)C)c2nc(C(C)C)cs2)s1. The molecule has 1 N–H and O–H groups in total. The summed E-state index contributed by atoms with van der Waals surface area (Å²) in [7, 11) is 0. The fraction of sp³-hybridized carbons (Fsp3) is 0.533. The molecule has 2 rings (SSSR count). The summed E-state index contributed by atoms with van der Waals surface area (Å²) >= 11 is 3.62. The van der Waals surface area contributed by atoms with E-state index < -0.39 is 0 Å². The summed E-state index contributed by atoms with van der Waals surface area (Å²) in [5, 5.41) is 7.01. The van der Waals surface area contributed by atoms with E-state index in [4.69, 9.17) is 4.98 Å². The summed E-state index contributed by atoms with van der Waals surface area (Å²) in [4.78, 5) is 7.52. The highest BCUT2D eigenvalue weighted by molar-refractivity contribution is 7.12. The van der Waals surface area contributed by atoms with Crippen LogP contribution in [0, 0.1) is 6.92 Å². The van der Waals surface area contributed by atoms with Gasteiger partial charge in [-0.3, -0.25) is 0 Å². The van der Waals surface area contributed by atoms with Gasteiger partial charge in [0, 0.05) is 21.2 Å². The Morgan fingerprint density at radius 2 is 1.89 bits per heavy atom. The minimum absolute atomic E-state index is 0.233. The van der Waals surface area contributed by atoms with Gasteiger partial charge in [-0.05, 0) is 38.8 Å². The van der Waals surface area contributed by atoms with Gasteiger partial charge in [-0.15, -0.1) is 22.7 Å². The first kappa shape index (κ1) is 14.7. The van der Waals surface area contributed by atoms with Gasteiger partial charge in [-0.25, -0.2) is 4.98 Å². The zero-order valence-corrected chi connectivity index (χ0v) is 13.9. The lowest BCUT2D eigenvalue weighted by molar-refractivity contribution is 0.531. The van der Waals surface area contributed by atoms with Gasteiger partial charge in [0.1, 0.15) is 5.01 Å². The molecule has 0 saturated heterocycles. The third-order valence-electron chi connectivity index (χ3n) is 2.92. The number of hydrogen-bond acceptors (Lipinski definition) is 4.